The minimum absolute atomic E-state index is 0.221. The number of pyridine rings is 1. The van der Waals surface area contributed by atoms with E-state index in [1.54, 1.807) is 30.1 Å². The maximum absolute atomic E-state index is 12.6. The van der Waals surface area contributed by atoms with E-state index in [1.165, 1.54) is 0 Å². The Morgan fingerprint density at radius 3 is 2.84 bits per heavy atom. The molecule has 2 aromatic carbocycles. The van der Waals surface area contributed by atoms with Gasteiger partial charge in [-0.3, -0.25) is 4.79 Å². The number of hydrogen-bond acceptors (Lipinski definition) is 6. The highest BCUT2D eigenvalue weighted by Gasteiger charge is 2.11. The summed E-state index contributed by atoms with van der Waals surface area (Å²) in [5, 5.41) is 7.83. The van der Waals surface area contributed by atoms with Gasteiger partial charge in [0.15, 0.2) is 0 Å². The predicted octanol–water partition coefficient (Wildman–Crippen LogP) is 4.12. The van der Waals surface area contributed by atoms with Crippen molar-refractivity contribution in [1.29, 1.82) is 0 Å². The molecule has 0 aliphatic heterocycles. The molecule has 7 nitrogen and oxygen atoms in total. The van der Waals surface area contributed by atoms with Gasteiger partial charge in [0.2, 0.25) is 0 Å². The second kappa shape index (κ2) is 8.60. The van der Waals surface area contributed by atoms with E-state index in [2.05, 4.69) is 15.3 Å². The molecular weight excluding hydrogens is 420 g/mol. The highest BCUT2D eigenvalue weighted by Crippen LogP contribution is 2.24. The minimum Gasteiger partial charge on any atom is -0.383 e. The number of imidazole rings is 1. The number of nitrogens with one attached hydrogen (secondary N) is 1. The first kappa shape index (κ1) is 19.9. The van der Waals surface area contributed by atoms with E-state index in [0.717, 1.165) is 32.6 Å². The van der Waals surface area contributed by atoms with Gasteiger partial charge in [0, 0.05) is 35.3 Å². The molecule has 3 aromatic heterocycles. The van der Waals surface area contributed by atoms with Crippen LogP contribution in [0.5, 0.6) is 0 Å². The molecule has 0 unspecified atom stereocenters. The van der Waals surface area contributed by atoms with Crippen molar-refractivity contribution in [2.24, 2.45) is 0 Å². The zero-order chi connectivity index (χ0) is 21.9. The first-order valence-corrected chi connectivity index (χ1v) is 11.0. The van der Waals surface area contributed by atoms with Crippen LogP contribution in [-0.4, -0.2) is 25.4 Å². The lowest BCUT2D eigenvalue weighted by atomic mass is 10.1. The quantitative estimate of drug-likeness (QED) is 0.414. The highest BCUT2D eigenvalue weighted by atomic mass is 32.1. The molecule has 0 saturated heterocycles. The van der Waals surface area contributed by atoms with Crippen LogP contribution < -0.4 is 11.1 Å². The van der Waals surface area contributed by atoms with Gasteiger partial charge in [0.05, 0.1) is 18.6 Å². The predicted molar refractivity (Wildman–Crippen MR) is 126 cm³/mol. The van der Waals surface area contributed by atoms with Crippen molar-refractivity contribution in [3.63, 3.8) is 0 Å². The van der Waals surface area contributed by atoms with E-state index in [-0.39, 0.29) is 5.91 Å². The van der Waals surface area contributed by atoms with Gasteiger partial charge in [-0.25, -0.2) is 15.0 Å². The van der Waals surface area contributed by atoms with E-state index < -0.39 is 0 Å². The van der Waals surface area contributed by atoms with Gasteiger partial charge >= 0.3 is 0 Å². The number of amides is 1. The zero-order valence-corrected chi connectivity index (χ0v) is 17.9. The Bertz CT molecular complexity index is 1390. The van der Waals surface area contributed by atoms with Crippen LogP contribution in [0.25, 0.3) is 21.3 Å². The summed E-state index contributed by atoms with van der Waals surface area (Å²) < 4.78 is 1.87. The fourth-order valence-electron chi connectivity index (χ4n) is 3.48. The third kappa shape index (κ3) is 4.21. The SMILES string of the molecule is Nc1nccc2cc(CNC(=O)c3cn(Cc4csc(-c5ccccc5)n4)cn3)ccc12. The molecule has 0 spiro atoms. The van der Waals surface area contributed by atoms with Crippen LogP contribution >= 0.6 is 11.3 Å². The summed E-state index contributed by atoms with van der Waals surface area (Å²) in [7, 11) is 0. The summed E-state index contributed by atoms with van der Waals surface area (Å²) >= 11 is 1.61. The molecule has 0 atom stereocenters. The number of hydrogen-bond donors (Lipinski definition) is 2. The number of carbonyl (C=O) groups excluding carboxylic acids is 1. The Labute approximate surface area is 188 Å². The van der Waals surface area contributed by atoms with E-state index in [9.17, 15) is 4.79 Å². The van der Waals surface area contributed by atoms with Crippen molar-refractivity contribution < 1.29 is 4.79 Å². The lowest BCUT2D eigenvalue weighted by Gasteiger charge is -2.06. The molecule has 0 radical (unpaired) electrons. The number of thiazole rings is 1. The fourth-order valence-corrected chi connectivity index (χ4v) is 4.29. The van der Waals surface area contributed by atoms with Crippen molar-refractivity contribution in [3.05, 3.63) is 95.6 Å². The minimum atomic E-state index is -0.221. The Balaban J connectivity index is 1.22. The molecule has 0 aliphatic rings. The Morgan fingerprint density at radius 1 is 1.09 bits per heavy atom. The van der Waals surface area contributed by atoms with Crippen LogP contribution in [0.2, 0.25) is 0 Å². The standard InChI is InChI=1S/C24H20N6OS/c25-22-20-7-6-16(10-18(20)8-9-26-22)11-27-23(31)21-13-30(15-28-21)12-19-14-32-24(29-19)17-4-2-1-3-5-17/h1-10,13-15H,11-12H2,(H2,25,26)(H,27,31). The fraction of sp³-hybridized carbons (Fsp3) is 0.0833. The van der Waals surface area contributed by atoms with Gasteiger partial charge in [-0.05, 0) is 23.1 Å². The van der Waals surface area contributed by atoms with E-state index in [4.69, 9.17) is 10.7 Å². The average Bonchev–Trinajstić information content (AvgIpc) is 3.48. The number of benzene rings is 2. The summed E-state index contributed by atoms with van der Waals surface area (Å²) in [4.78, 5) is 25.6. The molecule has 0 fully saturated rings. The number of nitrogens with two attached hydrogens (primary N) is 1. The van der Waals surface area contributed by atoms with Gasteiger partial charge in [-0.15, -0.1) is 11.3 Å². The molecule has 158 valence electrons. The topological polar surface area (TPSA) is 98.7 Å². The Kier molecular flexibility index (Phi) is 5.35. The maximum Gasteiger partial charge on any atom is 0.271 e. The number of fused-ring (bicyclic) bond motifs is 1. The van der Waals surface area contributed by atoms with Crippen molar-refractivity contribution in [2.75, 3.05) is 5.73 Å². The van der Waals surface area contributed by atoms with Crippen LogP contribution in [0.3, 0.4) is 0 Å². The molecule has 3 heterocycles. The van der Waals surface area contributed by atoms with Crippen molar-refractivity contribution >= 4 is 33.8 Å². The number of rotatable bonds is 6. The molecule has 3 N–H and O–H groups in total. The van der Waals surface area contributed by atoms with E-state index >= 15 is 0 Å². The highest BCUT2D eigenvalue weighted by molar-refractivity contribution is 7.13. The molecule has 8 heteroatoms. The number of nitrogens with zero attached hydrogens (tertiary/aromatic N) is 4. The second-order valence-corrected chi connectivity index (χ2v) is 8.23. The molecule has 0 aliphatic carbocycles. The summed E-state index contributed by atoms with van der Waals surface area (Å²) in [6.45, 7) is 0.958. The van der Waals surface area contributed by atoms with E-state index in [0.29, 0.717) is 24.6 Å². The van der Waals surface area contributed by atoms with Gasteiger partial charge in [0.25, 0.3) is 5.91 Å². The number of aromatic nitrogens is 4. The summed E-state index contributed by atoms with van der Waals surface area (Å²) in [5.74, 6) is 0.279. The number of nitrogen functional groups attached to an aromatic ring is 1. The molecule has 0 bridgehead atoms. The molecule has 1 amide bonds. The van der Waals surface area contributed by atoms with Gasteiger partial charge in [-0.1, -0.05) is 42.5 Å². The van der Waals surface area contributed by atoms with Crippen LogP contribution in [-0.2, 0) is 13.1 Å². The lowest BCUT2D eigenvalue weighted by molar-refractivity contribution is 0.0946. The molecule has 5 aromatic rings. The maximum atomic E-state index is 12.6. The summed E-state index contributed by atoms with van der Waals surface area (Å²) in [6.07, 6.45) is 5.07. The van der Waals surface area contributed by atoms with Crippen molar-refractivity contribution in [2.45, 2.75) is 13.1 Å². The number of carbonyl (C=O) groups is 1. The Hall–Kier alpha value is -4.04. The third-order valence-electron chi connectivity index (χ3n) is 5.10. The monoisotopic (exact) mass is 440 g/mol. The summed E-state index contributed by atoms with van der Waals surface area (Å²) in [5.41, 5.74) is 9.28. The first-order chi connectivity index (χ1) is 15.7. The average molecular weight is 441 g/mol. The van der Waals surface area contributed by atoms with Crippen LogP contribution in [0.1, 0.15) is 21.7 Å². The molecule has 32 heavy (non-hydrogen) atoms. The largest absolute Gasteiger partial charge is 0.383 e. The zero-order valence-electron chi connectivity index (χ0n) is 17.1. The Morgan fingerprint density at radius 2 is 1.97 bits per heavy atom. The molecule has 5 rings (SSSR count). The molecular formula is C24H20N6OS. The van der Waals surface area contributed by atoms with Crippen LogP contribution in [0.4, 0.5) is 5.82 Å². The number of anilines is 1. The van der Waals surface area contributed by atoms with Gasteiger partial charge < -0.3 is 15.6 Å². The molecule has 0 saturated carbocycles. The van der Waals surface area contributed by atoms with Crippen LogP contribution in [0.15, 0.2) is 78.7 Å². The van der Waals surface area contributed by atoms with Crippen molar-refractivity contribution in [1.82, 2.24) is 24.8 Å². The van der Waals surface area contributed by atoms with Gasteiger partial charge in [-0.2, -0.15) is 0 Å². The van der Waals surface area contributed by atoms with E-state index in [1.807, 2.05) is 64.5 Å². The normalized spacial score (nSPS) is 11.0. The summed E-state index contributed by atoms with van der Waals surface area (Å²) in [6, 6.07) is 17.8. The second-order valence-electron chi connectivity index (χ2n) is 7.38. The smallest absolute Gasteiger partial charge is 0.271 e. The lowest BCUT2D eigenvalue weighted by Crippen LogP contribution is -2.23. The van der Waals surface area contributed by atoms with Gasteiger partial charge in [0.1, 0.15) is 16.5 Å². The first-order valence-electron chi connectivity index (χ1n) is 10.1. The van der Waals surface area contributed by atoms with Crippen molar-refractivity contribution in [3.8, 4) is 10.6 Å². The third-order valence-corrected chi connectivity index (χ3v) is 6.04. The van der Waals surface area contributed by atoms with Crippen LogP contribution in [0, 0.1) is 0 Å².